The van der Waals surface area contributed by atoms with Gasteiger partial charge in [-0.3, -0.25) is 4.79 Å². The molecule has 2 aromatic rings. The molecule has 0 radical (unpaired) electrons. The van der Waals surface area contributed by atoms with Crippen LogP contribution in [-0.2, 0) is 0 Å². The number of hydrogen-bond donors (Lipinski definition) is 1. The van der Waals surface area contributed by atoms with Gasteiger partial charge >= 0.3 is 0 Å². The van der Waals surface area contributed by atoms with Crippen LogP contribution in [0.25, 0.3) is 11.0 Å². The topological polar surface area (TPSA) is 62.9 Å². The van der Waals surface area contributed by atoms with E-state index in [9.17, 15) is 9.90 Å². The first-order valence-electron chi connectivity index (χ1n) is 6.65. The standard InChI is InChI=1S/C15H17NO4/c1-9-11-4-3-5-12(19-2)14(11)20-13(9)15(18)16-7-6-10(17)8-16/h3-5,10,17H,6-8H2,1-2H3/t10-/m1/s1. The Balaban J connectivity index is 2.04. The van der Waals surface area contributed by atoms with Gasteiger partial charge in [0.15, 0.2) is 17.1 Å². The number of aliphatic hydroxyl groups excluding tert-OH is 1. The lowest BCUT2D eigenvalue weighted by Gasteiger charge is -2.13. The molecule has 3 rings (SSSR count). The van der Waals surface area contributed by atoms with Crippen LogP contribution >= 0.6 is 0 Å². The van der Waals surface area contributed by atoms with Crippen LogP contribution in [0.15, 0.2) is 22.6 Å². The van der Waals surface area contributed by atoms with Crippen molar-refractivity contribution in [3.05, 3.63) is 29.5 Å². The molecule has 1 aromatic carbocycles. The van der Waals surface area contributed by atoms with Crippen LogP contribution < -0.4 is 4.74 Å². The number of furan rings is 1. The van der Waals surface area contributed by atoms with Crippen molar-refractivity contribution in [1.29, 1.82) is 0 Å². The molecule has 20 heavy (non-hydrogen) atoms. The highest BCUT2D eigenvalue weighted by Crippen LogP contribution is 2.33. The van der Waals surface area contributed by atoms with Crippen LogP contribution in [-0.4, -0.2) is 42.2 Å². The van der Waals surface area contributed by atoms with Crippen LogP contribution in [0, 0.1) is 6.92 Å². The first-order chi connectivity index (χ1) is 9.61. The number of ether oxygens (including phenoxy) is 1. The van der Waals surface area contributed by atoms with Crippen molar-refractivity contribution in [2.24, 2.45) is 0 Å². The minimum absolute atomic E-state index is 0.169. The molecule has 1 aliphatic heterocycles. The molecule has 1 saturated heterocycles. The number of carbonyl (C=O) groups is 1. The Bertz CT molecular complexity index is 661. The number of carbonyl (C=O) groups excluding carboxylic acids is 1. The Morgan fingerprint density at radius 1 is 1.50 bits per heavy atom. The molecule has 2 heterocycles. The van der Waals surface area contributed by atoms with Gasteiger partial charge in [-0.2, -0.15) is 0 Å². The third-order valence-corrected chi connectivity index (χ3v) is 3.79. The van der Waals surface area contributed by atoms with Crippen molar-refractivity contribution in [3.8, 4) is 5.75 Å². The number of aliphatic hydroxyl groups is 1. The fourth-order valence-corrected chi connectivity index (χ4v) is 2.65. The number of fused-ring (bicyclic) bond motifs is 1. The van der Waals surface area contributed by atoms with Crippen LogP contribution in [0.1, 0.15) is 22.5 Å². The van der Waals surface area contributed by atoms with Gasteiger partial charge in [0.05, 0.1) is 13.2 Å². The number of aryl methyl sites for hydroxylation is 1. The first kappa shape index (κ1) is 13.0. The van der Waals surface area contributed by atoms with Gasteiger partial charge in [0, 0.05) is 24.0 Å². The molecule has 1 fully saturated rings. The third-order valence-electron chi connectivity index (χ3n) is 3.79. The van der Waals surface area contributed by atoms with E-state index >= 15 is 0 Å². The number of methoxy groups -OCH3 is 1. The SMILES string of the molecule is COc1cccc2c(C)c(C(=O)N3CC[C@@H](O)C3)oc12. The lowest BCUT2D eigenvalue weighted by atomic mass is 10.1. The summed E-state index contributed by atoms with van der Waals surface area (Å²) < 4.78 is 11.0. The smallest absolute Gasteiger partial charge is 0.289 e. The molecule has 1 aliphatic rings. The molecule has 0 bridgehead atoms. The van der Waals surface area contributed by atoms with E-state index < -0.39 is 6.10 Å². The fourth-order valence-electron chi connectivity index (χ4n) is 2.65. The van der Waals surface area contributed by atoms with Crippen molar-refractivity contribution < 1.29 is 19.1 Å². The van der Waals surface area contributed by atoms with Gasteiger partial charge in [-0.05, 0) is 19.4 Å². The number of β-amino-alcohol motifs (C(OH)–C–C–N with tert-alkyl or cyclic N) is 1. The molecule has 1 amide bonds. The summed E-state index contributed by atoms with van der Waals surface area (Å²) in [5.41, 5.74) is 1.40. The molecule has 5 heteroatoms. The number of nitrogens with zero attached hydrogens (tertiary/aromatic N) is 1. The normalized spacial score (nSPS) is 18.8. The van der Waals surface area contributed by atoms with Crippen LogP contribution in [0.5, 0.6) is 5.75 Å². The van der Waals surface area contributed by atoms with Crippen molar-refractivity contribution in [3.63, 3.8) is 0 Å². The number of hydrogen-bond acceptors (Lipinski definition) is 4. The van der Waals surface area contributed by atoms with E-state index in [2.05, 4.69) is 0 Å². The van der Waals surface area contributed by atoms with E-state index in [1.807, 2.05) is 19.1 Å². The zero-order chi connectivity index (χ0) is 14.3. The first-order valence-corrected chi connectivity index (χ1v) is 6.65. The zero-order valence-electron chi connectivity index (χ0n) is 11.5. The second-order valence-electron chi connectivity index (χ2n) is 5.09. The van der Waals surface area contributed by atoms with E-state index in [0.717, 1.165) is 10.9 Å². The highest BCUT2D eigenvalue weighted by atomic mass is 16.5. The largest absolute Gasteiger partial charge is 0.493 e. The molecule has 1 N–H and O–H groups in total. The Morgan fingerprint density at radius 3 is 2.95 bits per heavy atom. The van der Waals surface area contributed by atoms with Crippen molar-refractivity contribution in [2.45, 2.75) is 19.4 Å². The van der Waals surface area contributed by atoms with Crippen molar-refractivity contribution in [1.82, 2.24) is 4.90 Å². The Morgan fingerprint density at radius 2 is 2.30 bits per heavy atom. The number of likely N-dealkylation sites (tertiary alicyclic amines) is 1. The average Bonchev–Trinajstić information content (AvgIpc) is 3.02. The van der Waals surface area contributed by atoms with Crippen molar-refractivity contribution in [2.75, 3.05) is 20.2 Å². The highest BCUT2D eigenvalue weighted by Gasteiger charge is 2.29. The maximum absolute atomic E-state index is 12.5. The van der Waals surface area contributed by atoms with Gasteiger partial charge in [0.1, 0.15) is 0 Å². The second kappa shape index (κ2) is 4.83. The van der Waals surface area contributed by atoms with Gasteiger partial charge in [-0.25, -0.2) is 0 Å². The lowest BCUT2D eigenvalue weighted by molar-refractivity contribution is 0.0735. The quantitative estimate of drug-likeness (QED) is 0.910. The number of rotatable bonds is 2. The zero-order valence-corrected chi connectivity index (χ0v) is 11.5. The summed E-state index contributed by atoms with van der Waals surface area (Å²) in [5.74, 6) is 0.780. The number of benzene rings is 1. The van der Waals surface area contributed by atoms with E-state index in [4.69, 9.17) is 9.15 Å². The minimum Gasteiger partial charge on any atom is -0.493 e. The van der Waals surface area contributed by atoms with E-state index in [0.29, 0.717) is 36.6 Å². The maximum atomic E-state index is 12.5. The van der Waals surface area contributed by atoms with Crippen molar-refractivity contribution >= 4 is 16.9 Å². The summed E-state index contributed by atoms with van der Waals surface area (Å²) >= 11 is 0. The molecule has 0 unspecified atom stereocenters. The van der Waals surface area contributed by atoms with Crippen LogP contribution in [0.3, 0.4) is 0 Å². The van der Waals surface area contributed by atoms with E-state index in [1.54, 1.807) is 18.1 Å². The van der Waals surface area contributed by atoms with Crippen LogP contribution in [0.4, 0.5) is 0 Å². The number of para-hydroxylation sites is 1. The monoisotopic (exact) mass is 275 g/mol. The molecule has 0 aliphatic carbocycles. The highest BCUT2D eigenvalue weighted by molar-refractivity contribution is 6.00. The molecular formula is C15H17NO4. The average molecular weight is 275 g/mol. The molecular weight excluding hydrogens is 258 g/mol. The Hall–Kier alpha value is -2.01. The van der Waals surface area contributed by atoms with Gasteiger partial charge < -0.3 is 19.2 Å². The summed E-state index contributed by atoms with van der Waals surface area (Å²) in [7, 11) is 1.57. The molecule has 5 nitrogen and oxygen atoms in total. The molecule has 1 aromatic heterocycles. The van der Waals surface area contributed by atoms with Gasteiger partial charge in [-0.1, -0.05) is 12.1 Å². The Kier molecular flexibility index (Phi) is 3.14. The predicted octanol–water partition coefficient (Wildman–Crippen LogP) is 1.96. The fraction of sp³-hybridized carbons (Fsp3) is 0.400. The second-order valence-corrected chi connectivity index (χ2v) is 5.09. The summed E-state index contributed by atoms with van der Waals surface area (Å²) in [6.45, 7) is 2.80. The van der Waals surface area contributed by atoms with E-state index in [-0.39, 0.29) is 5.91 Å². The maximum Gasteiger partial charge on any atom is 0.289 e. The summed E-state index contributed by atoms with van der Waals surface area (Å²) in [4.78, 5) is 14.1. The molecule has 0 saturated carbocycles. The van der Waals surface area contributed by atoms with Gasteiger partial charge in [0.25, 0.3) is 5.91 Å². The summed E-state index contributed by atoms with van der Waals surface area (Å²) in [6, 6.07) is 5.59. The van der Waals surface area contributed by atoms with E-state index in [1.165, 1.54) is 0 Å². The van der Waals surface area contributed by atoms with Gasteiger partial charge in [0.2, 0.25) is 0 Å². The third kappa shape index (κ3) is 1.94. The Labute approximate surface area is 116 Å². The summed E-state index contributed by atoms with van der Waals surface area (Å²) in [6.07, 6.45) is 0.187. The molecule has 1 atom stereocenters. The molecule has 0 spiro atoms. The van der Waals surface area contributed by atoms with Gasteiger partial charge in [-0.15, -0.1) is 0 Å². The minimum atomic E-state index is -0.432. The number of amides is 1. The summed E-state index contributed by atoms with van der Waals surface area (Å²) in [5, 5.41) is 10.4. The predicted molar refractivity (Wildman–Crippen MR) is 74.0 cm³/mol. The van der Waals surface area contributed by atoms with Crippen LogP contribution in [0.2, 0.25) is 0 Å². The molecule has 106 valence electrons. The lowest BCUT2D eigenvalue weighted by Crippen LogP contribution is -2.29.